The van der Waals surface area contributed by atoms with Crippen molar-refractivity contribution in [3.63, 3.8) is 0 Å². The second kappa shape index (κ2) is 6.43. The summed E-state index contributed by atoms with van der Waals surface area (Å²) in [7, 11) is 0. The van der Waals surface area contributed by atoms with Crippen LogP contribution >= 0.6 is 23.2 Å². The normalized spacial score (nSPS) is 15.2. The standard InChI is InChI=1S/C11H13Cl2N3O4/c1-7(17)20-6-16-9(13)8(12)14-10(16)11(18)15-2-4-19-5-3-15/h2-6H2,1H3. The first kappa shape index (κ1) is 15.1. The number of amides is 1. The van der Waals surface area contributed by atoms with E-state index in [0.29, 0.717) is 26.3 Å². The predicted molar refractivity (Wildman–Crippen MR) is 70.7 cm³/mol. The minimum Gasteiger partial charge on any atom is -0.444 e. The molecule has 0 aliphatic carbocycles. The number of esters is 1. The summed E-state index contributed by atoms with van der Waals surface area (Å²) >= 11 is 11.8. The van der Waals surface area contributed by atoms with Crippen LogP contribution in [0.1, 0.15) is 17.5 Å². The minimum absolute atomic E-state index is 0.00423. The molecule has 0 radical (unpaired) electrons. The average molecular weight is 322 g/mol. The molecular weight excluding hydrogens is 309 g/mol. The van der Waals surface area contributed by atoms with E-state index < -0.39 is 5.97 Å². The number of rotatable bonds is 3. The molecule has 1 amide bonds. The first-order valence-electron chi connectivity index (χ1n) is 5.92. The highest BCUT2D eigenvalue weighted by molar-refractivity contribution is 6.40. The Labute approximate surface area is 125 Å². The Morgan fingerprint density at radius 1 is 1.35 bits per heavy atom. The molecule has 1 aromatic rings. The Balaban J connectivity index is 2.23. The summed E-state index contributed by atoms with van der Waals surface area (Å²) in [6.45, 7) is 2.92. The number of ether oxygens (including phenoxy) is 2. The highest BCUT2D eigenvalue weighted by Crippen LogP contribution is 2.24. The zero-order chi connectivity index (χ0) is 14.7. The van der Waals surface area contributed by atoms with Crippen molar-refractivity contribution >= 4 is 35.1 Å². The van der Waals surface area contributed by atoms with Gasteiger partial charge in [-0.3, -0.25) is 14.2 Å². The molecule has 0 unspecified atom stereocenters. The van der Waals surface area contributed by atoms with Crippen LogP contribution in [0.4, 0.5) is 0 Å². The van der Waals surface area contributed by atoms with Gasteiger partial charge in [0.05, 0.1) is 13.2 Å². The molecule has 1 fully saturated rings. The molecule has 9 heteroatoms. The summed E-state index contributed by atoms with van der Waals surface area (Å²) in [5.41, 5.74) is 0. The Hall–Kier alpha value is -1.31. The second-order valence-electron chi connectivity index (χ2n) is 4.11. The van der Waals surface area contributed by atoms with E-state index in [4.69, 9.17) is 32.7 Å². The molecule has 1 aromatic heterocycles. The summed E-state index contributed by atoms with van der Waals surface area (Å²) in [6.07, 6.45) is 0. The number of imidazole rings is 1. The Morgan fingerprint density at radius 3 is 2.60 bits per heavy atom. The zero-order valence-electron chi connectivity index (χ0n) is 10.8. The van der Waals surface area contributed by atoms with Gasteiger partial charge in [-0.25, -0.2) is 4.98 Å². The van der Waals surface area contributed by atoms with Crippen LogP contribution in [0.2, 0.25) is 10.3 Å². The summed E-state index contributed by atoms with van der Waals surface area (Å²) in [4.78, 5) is 28.8. The van der Waals surface area contributed by atoms with Crippen molar-refractivity contribution in [1.29, 1.82) is 0 Å². The van der Waals surface area contributed by atoms with Crippen LogP contribution in [0.25, 0.3) is 0 Å². The highest BCUT2D eigenvalue weighted by Gasteiger charge is 2.26. The van der Waals surface area contributed by atoms with Crippen LogP contribution < -0.4 is 0 Å². The zero-order valence-corrected chi connectivity index (χ0v) is 12.3. The molecule has 7 nitrogen and oxygen atoms in total. The average Bonchev–Trinajstić information content (AvgIpc) is 2.72. The number of halogens is 2. The molecule has 0 bridgehead atoms. The lowest BCUT2D eigenvalue weighted by molar-refractivity contribution is -0.144. The van der Waals surface area contributed by atoms with Crippen molar-refractivity contribution in [3.05, 3.63) is 16.1 Å². The Morgan fingerprint density at radius 2 is 2.00 bits per heavy atom. The molecule has 0 aromatic carbocycles. The Bertz CT molecular complexity index is 526. The van der Waals surface area contributed by atoms with E-state index in [9.17, 15) is 9.59 Å². The van der Waals surface area contributed by atoms with E-state index in [-0.39, 0.29) is 28.8 Å². The number of carbonyl (C=O) groups is 2. The quantitative estimate of drug-likeness (QED) is 0.782. The number of morpholine rings is 1. The van der Waals surface area contributed by atoms with E-state index in [1.807, 2.05) is 0 Å². The number of hydrogen-bond acceptors (Lipinski definition) is 5. The molecule has 0 spiro atoms. The van der Waals surface area contributed by atoms with Gasteiger partial charge in [-0.05, 0) is 0 Å². The van der Waals surface area contributed by atoms with Gasteiger partial charge in [0, 0.05) is 20.0 Å². The Kier molecular flexibility index (Phi) is 4.85. The van der Waals surface area contributed by atoms with Crippen molar-refractivity contribution in [2.75, 3.05) is 26.3 Å². The van der Waals surface area contributed by atoms with Gasteiger partial charge < -0.3 is 14.4 Å². The van der Waals surface area contributed by atoms with Crippen LogP contribution in [-0.4, -0.2) is 52.6 Å². The monoisotopic (exact) mass is 321 g/mol. The lowest BCUT2D eigenvalue weighted by Crippen LogP contribution is -2.41. The van der Waals surface area contributed by atoms with Gasteiger partial charge in [-0.2, -0.15) is 0 Å². The lowest BCUT2D eigenvalue weighted by atomic mass is 10.4. The fourth-order valence-corrected chi connectivity index (χ4v) is 2.10. The summed E-state index contributed by atoms with van der Waals surface area (Å²) < 4.78 is 11.3. The van der Waals surface area contributed by atoms with E-state index in [2.05, 4.69) is 4.98 Å². The third-order valence-electron chi connectivity index (χ3n) is 2.75. The fraction of sp³-hybridized carbons (Fsp3) is 0.545. The molecule has 2 heterocycles. The van der Waals surface area contributed by atoms with Gasteiger partial charge >= 0.3 is 5.97 Å². The van der Waals surface area contributed by atoms with Crippen molar-refractivity contribution in [2.45, 2.75) is 13.7 Å². The molecule has 0 N–H and O–H groups in total. The summed E-state index contributed by atoms with van der Waals surface area (Å²) in [5, 5.41) is 0.0555. The minimum atomic E-state index is -0.490. The predicted octanol–water partition coefficient (Wildman–Crippen LogP) is 1.18. The van der Waals surface area contributed by atoms with Crippen molar-refractivity contribution in [2.24, 2.45) is 0 Å². The maximum atomic E-state index is 12.4. The molecule has 0 saturated carbocycles. The third kappa shape index (κ3) is 3.23. The lowest BCUT2D eigenvalue weighted by Gasteiger charge is -2.26. The smallest absolute Gasteiger partial charge is 0.304 e. The number of carbonyl (C=O) groups excluding carboxylic acids is 2. The largest absolute Gasteiger partial charge is 0.444 e. The van der Waals surface area contributed by atoms with E-state index in [1.165, 1.54) is 11.5 Å². The van der Waals surface area contributed by atoms with Gasteiger partial charge in [0.2, 0.25) is 5.82 Å². The number of nitrogens with zero attached hydrogens (tertiary/aromatic N) is 3. The van der Waals surface area contributed by atoms with Gasteiger partial charge in [0.15, 0.2) is 17.0 Å². The molecule has 1 saturated heterocycles. The van der Waals surface area contributed by atoms with Crippen LogP contribution in [0, 0.1) is 0 Å². The van der Waals surface area contributed by atoms with Crippen LogP contribution in [-0.2, 0) is 21.0 Å². The van der Waals surface area contributed by atoms with Crippen LogP contribution in [0.3, 0.4) is 0 Å². The molecule has 110 valence electrons. The van der Waals surface area contributed by atoms with Crippen molar-refractivity contribution < 1.29 is 19.1 Å². The van der Waals surface area contributed by atoms with E-state index in [1.54, 1.807) is 4.90 Å². The molecular formula is C11H13Cl2N3O4. The summed E-state index contributed by atoms with van der Waals surface area (Å²) in [5.74, 6) is -0.770. The maximum Gasteiger partial charge on any atom is 0.304 e. The van der Waals surface area contributed by atoms with E-state index in [0.717, 1.165) is 0 Å². The molecule has 1 aliphatic heterocycles. The molecule has 2 rings (SSSR count). The fourth-order valence-electron chi connectivity index (χ4n) is 1.75. The van der Waals surface area contributed by atoms with Gasteiger partial charge in [-0.1, -0.05) is 23.2 Å². The van der Waals surface area contributed by atoms with Gasteiger partial charge in [-0.15, -0.1) is 0 Å². The topological polar surface area (TPSA) is 73.7 Å². The number of hydrogen-bond donors (Lipinski definition) is 0. The van der Waals surface area contributed by atoms with E-state index >= 15 is 0 Å². The SMILES string of the molecule is CC(=O)OCn1c(C(=O)N2CCOCC2)nc(Cl)c1Cl. The second-order valence-corrected chi connectivity index (χ2v) is 4.83. The van der Waals surface area contributed by atoms with Gasteiger partial charge in [0.1, 0.15) is 0 Å². The first-order valence-corrected chi connectivity index (χ1v) is 6.68. The van der Waals surface area contributed by atoms with Crippen molar-refractivity contribution in [3.8, 4) is 0 Å². The summed E-state index contributed by atoms with van der Waals surface area (Å²) in [6, 6.07) is 0. The van der Waals surface area contributed by atoms with Crippen LogP contribution in [0.5, 0.6) is 0 Å². The molecule has 1 aliphatic rings. The third-order valence-corrected chi connectivity index (χ3v) is 3.50. The molecule has 0 atom stereocenters. The van der Waals surface area contributed by atoms with Crippen LogP contribution in [0.15, 0.2) is 0 Å². The first-order chi connectivity index (χ1) is 9.50. The number of aromatic nitrogens is 2. The highest BCUT2D eigenvalue weighted by atomic mass is 35.5. The van der Waals surface area contributed by atoms with Crippen molar-refractivity contribution in [1.82, 2.24) is 14.5 Å². The maximum absolute atomic E-state index is 12.4. The van der Waals surface area contributed by atoms with Gasteiger partial charge in [0.25, 0.3) is 5.91 Å². The molecule has 20 heavy (non-hydrogen) atoms.